The molecule has 1 aliphatic heterocycles. The molecule has 164 valence electrons. The van der Waals surface area contributed by atoms with Gasteiger partial charge in [0, 0.05) is 35.4 Å². The lowest BCUT2D eigenvalue weighted by molar-refractivity contribution is -0.132. The summed E-state index contributed by atoms with van der Waals surface area (Å²) in [6.45, 7) is 3.44. The number of piperidine rings is 1. The van der Waals surface area contributed by atoms with E-state index in [1.807, 2.05) is 17.2 Å². The van der Waals surface area contributed by atoms with Crippen molar-refractivity contribution in [1.29, 1.82) is 0 Å². The van der Waals surface area contributed by atoms with Crippen LogP contribution in [0.2, 0.25) is 5.02 Å². The average Bonchev–Trinajstić information content (AvgIpc) is 3.35. The van der Waals surface area contributed by atoms with Gasteiger partial charge in [0.05, 0.1) is 11.4 Å². The highest BCUT2D eigenvalue weighted by atomic mass is 35.5. The second-order valence-electron chi connectivity index (χ2n) is 7.54. The molecule has 0 aliphatic carbocycles. The summed E-state index contributed by atoms with van der Waals surface area (Å²) in [7, 11) is -3.87. The molecule has 3 heterocycles. The van der Waals surface area contributed by atoms with E-state index in [1.165, 1.54) is 17.5 Å². The first-order chi connectivity index (χ1) is 14.8. The minimum absolute atomic E-state index is 0.0171. The van der Waals surface area contributed by atoms with Crippen molar-refractivity contribution in [2.45, 2.75) is 37.6 Å². The van der Waals surface area contributed by atoms with Crippen LogP contribution in [0.5, 0.6) is 0 Å². The lowest BCUT2D eigenvalue weighted by Gasteiger charge is -2.27. The number of nitrogens with one attached hydrogen (secondary N) is 1. The van der Waals surface area contributed by atoms with Crippen molar-refractivity contribution in [2.24, 2.45) is 0 Å². The lowest BCUT2D eigenvalue weighted by Crippen LogP contribution is -2.37. The van der Waals surface area contributed by atoms with Crippen LogP contribution in [0.15, 0.2) is 46.8 Å². The molecule has 2 aromatic heterocycles. The zero-order chi connectivity index (χ0) is 22.0. The SMILES string of the molecule is Cc1csc(-c2cc(S(=O)(=O)Nc3cccc(Cl)c3)cn2CC(=O)N2CCCCC2)n1. The first kappa shape index (κ1) is 21.9. The quantitative estimate of drug-likeness (QED) is 0.569. The number of carbonyl (C=O) groups is 1. The van der Waals surface area contributed by atoms with Gasteiger partial charge in [-0.05, 0) is 50.5 Å². The monoisotopic (exact) mass is 478 g/mol. The molecule has 0 atom stereocenters. The number of anilines is 1. The topological polar surface area (TPSA) is 84.3 Å². The first-order valence-electron chi connectivity index (χ1n) is 10.0. The van der Waals surface area contributed by atoms with Gasteiger partial charge in [-0.2, -0.15) is 0 Å². The zero-order valence-electron chi connectivity index (χ0n) is 17.0. The third kappa shape index (κ3) is 5.11. The Morgan fingerprint density at radius 1 is 1.23 bits per heavy atom. The highest BCUT2D eigenvalue weighted by Gasteiger charge is 2.24. The normalized spacial score (nSPS) is 14.6. The molecule has 3 aromatic rings. The Morgan fingerprint density at radius 2 is 2.00 bits per heavy atom. The molecule has 1 N–H and O–H groups in total. The second kappa shape index (κ2) is 9.02. The maximum Gasteiger partial charge on any atom is 0.263 e. The van der Waals surface area contributed by atoms with Crippen LogP contribution in [0.3, 0.4) is 0 Å². The van der Waals surface area contributed by atoms with E-state index in [0.717, 1.165) is 38.0 Å². The molecule has 1 aliphatic rings. The second-order valence-corrected chi connectivity index (χ2v) is 10.5. The molecule has 0 bridgehead atoms. The summed E-state index contributed by atoms with van der Waals surface area (Å²) < 4.78 is 30.3. The Morgan fingerprint density at radius 3 is 2.68 bits per heavy atom. The summed E-state index contributed by atoms with van der Waals surface area (Å²) in [6, 6.07) is 8.08. The minimum atomic E-state index is -3.87. The van der Waals surface area contributed by atoms with Gasteiger partial charge in [-0.15, -0.1) is 11.3 Å². The molecule has 1 amide bonds. The summed E-state index contributed by atoms with van der Waals surface area (Å²) in [5, 5.41) is 3.01. The summed E-state index contributed by atoms with van der Waals surface area (Å²) in [4.78, 5) is 19.3. The van der Waals surface area contributed by atoms with E-state index in [4.69, 9.17) is 11.6 Å². The van der Waals surface area contributed by atoms with Gasteiger partial charge >= 0.3 is 0 Å². The molecule has 0 radical (unpaired) electrons. The Kier molecular flexibility index (Phi) is 6.36. The third-order valence-corrected chi connectivity index (χ3v) is 7.68. The highest BCUT2D eigenvalue weighted by Crippen LogP contribution is 2.29. The fourth-order valence-electron chi connectivity index (χ4n) is 3.57. The van der Waals surface area contributed by atoms with Gasteiger partial charge in [-0.1, -0.05) is 17.7 Å². The standard InChI is InChI=1S/C21H23ClN4O3S2/c1-15-14-30-21(23-15)19-11-18(31(28,29)24-17-7-5-6-16(22)10-17)12-26(19)13-20(27)25-8-3-2-4-9-25/h5-7,10-12,14,24H,2-4,8-9,13H2,1H3. The van der Waals surface area contributed by atoms with Crippen LogP contribution in [-0.2, 0) is 21.4 Å². The number of sulfonamides is 1. The van der Waals surface area contributed by atoms with Crippen LogP contribution in [0.4, 0.5) is 5.69 Å². The van der Waals surface area contributed by atoms with E-state index in [2.05, 4.69) is 9.71 Å². The molecule has 31 heavy (non-hydrogen) atoms. The Bertz CT molecular complexity index is 1200. The van der Waals surface area contributed by atoms with Crippen LogP contribution in [-0.4, -0.2) is 41.9 Å². The molecule has 1 saturated heterocycles. The van der Waals surface area contributed by atoms with Gasteiger partial charge in [0.1, 0.15) is 16.4 Å². The molecular formula is C21H23ClN4O3S2. The Labute approximate surface area is 190 Å². The van der Waals surface area contributed by atoms with E-state index in [9.17, 15) is 13.2 Å². The number of likely N-dealkylation sites (tertiary alicyclic amines) is 1. The van der Waals surface area contributed by atoms with Gasteiger partial charge < -0.3 is 9.47 Å². The highest BCUT2D eigenvalue weighted by molar-refractivity contribution is 7.92. The summed E-state index contributed by atoms with van der Waals surface area (Å²) >= 11 is 7.39. The van der Waals surface area contributed by atoms with Crippen molar-refractivity contribution in [3.63, 3.8) is 0 Å². The zero-order valence-corrected chi connectivity index (χ0v) is 19.4. The average molecular weight is 479 g/mol. The van der Waals surface area contributed by atoms with E-state index < -0.39 is 10.0 Å². The molecule has 4 rings (SSSR count). The maximum absolute atomic E-state index is 13.0. The first-order valence-corrected chi connectivity index (χ1v) is 12.7. The summed E-state index contributed by atoms with van der Waals surface area (Å²) in [6.07, 6.45) is 4.63. The van der Waals surface area contributed by atoms with Crippen LogP contribution in [0.1, 0.15) is 25.0 Å². The molecular weight excluding hydrogens is 456 g/mol. The molecule has 1 aromatic carbocycles. The van der Waals surface area contributed by atoms with Gasteiger partial charge in [-0.3, -0.25) is 9.52 Å². The number of rotatable bonds is 6. The molecule has 7 nitrogen and oxygen atoms in total. The number of aromatic nitrogens is 2. The number of thiazole rings is 1. The number of hydrogen-bond donors (Lipinski definition) is 1. The van der Waals surface area contributed by atoms with Crippen molar-refractivity contribution < 1.29 is 13.2 Å². The molecule has 1 fully saturated rings. The van der Waals surface area contributed by atoms with Crippen molar-refractivity contribution in [3.8, 4) is 10.7 Å². The molecule has 0 unspecified atom stereocenters. The van der Waals surface area contributed by atoms with E-state index >= 15 is 0 Å². The Balaban J connectivity index is 1.66. The molecule has 10 heteroatoms. The van der Waals surface area contributed by atoms with E-state index in [-0.39, 0.29) is 17.3 Å². The van der Waals surface area contributed by atoms with E-state index in [0.29, 0.717) is 21.4 Å². The van der Waals surface area contributed by atoms with Gasteiger partial charge in [0.15, 0.2) is 0 Å². The Hall–Kier alpha value is -2.36. The fourth-order valence-corrected chi connectivity index (χ4v) is 5.67. The number of amides is 1. The predicted molar refractivity (Wildman–Crippen MR) is 123 cm³/mol. The van der Waals surface area contributed by atoms with Crippen molar-refractivity contribution >= 4 is 44.6 Å². The van der Waals surface area contributed by atoms with Crippen LogP contribution < -0.4 is 4.72 Å². The van der Waals surface area contributed by atoms with Crippen LogP contribution in [0.25, 0.3) is 10.7 Å². The lowest BCUT2D eigenvalue weighted by atomic mass is 10.1. The van der Waals surface area contributed by atoms with Gasteiger partial charge in [-0.25, -0.2) is 13.4 Å². The van der Waals surface area contributed by atoms with Crippen LogP contribution >= 0.6 is 22.9 Å². The number of nitrogens with zero attached hydrogens (tertiary/aromatic N) is 3. The van der Waals surface area contributed by atoms with Crippen LogP contribution in [0, 0.1) is 6.92 Å². The summed E-state index contributed by atoms with van der Waals surface area (Å²) in [5.74, 6) is -0.0171. The van der Waals surface area contributed by atoms with Crippen molar-refractivity contribution in [1.82, 2.24) is 14.5 Å². The summed E-state index contributed by atoms with van der Waals surface area (Å²) in [5.41, 5.74) is 1.82. The number of aryl methyl sites for hydroxylation is 1. The number of benzene rings is 1. The fraction of sp³-hybridized carbons (Fsp3) is 0.333. The minimum Gasteiger partial charge on any atom is -0.341 e. The van der Waals surface area contributed by atoms with Gasteiger partial charge in [0.2, 0.25) is 5.91 Å². The number of carbonyl (C=O) groups excluding carboxylic acids is 1. The number of hydrogen-bond acceptors (Lipinski definition) is 5. The maximum atomic E-state index is 13.0. The van der Waals surface area contributed by atoms with Crippen molar-refractivity contribution in [2.75, 3.05) is 17.8 Å². The smallest absolute Gasteiger partial charge is 0.263 e. The van der Waals surface area contributed by atoms with Gasteiger partial charge in [0.25, 0.3) is 10.0 Å². The van der Waals surface area contributed by atoms with E-state index in [1.54, 1.807) is 34.9 Å². The molecule has 0 spiro atoms. The molecule has 0 saturated carbocycles. The third-order valence-electron chi connectivity index (χ3n) is 5.11. The number of halogens is 1. The largest absolute Gasteiger partial charge is 0.341 e. The predicted octanol–water partition coefficient (Wildman–Crippen LogP) is 4.39. The van der Waals surface area contributed by atoms with Crippen molar-refractivity contribution in [3.05, 3.63) is 52.6 Å².